The average Bonchev–Trinajstić information content (AvgIpc) is 2.17. The van der Waals surface area contributed by atoms with Gasteiger partial charge in [0.25, 0.3) is 0 Å². The van der Waals surface area contributed by atoms with E-state index in [1.54, 1.807) is 0 Å². The molecule has 0 fully saturated rings. The van der Waals surface area contributed by atoms with Gasteiger partial charge in [0.1, 0.15) is 12.4 Å². The summed E-state index contributed by atoms with van der Waals surface area (Å²) in [5.41, 5.74) is 0. The maximum Gasteiger partial charge on any atom is 0.164 e. The number of aliphatic hydroxyl groups excluding tert-OH is 1. The second kappa shape index (κ2) is 3.22. The number of hydrogen-bond donors (Lipinski definition) is 1. The van der Waals surface area contributed by atoms with E-state index in [1.807, 2.05) is 0 Å². The summed E-state index contributed by atoms with van der Waals surface area (Å²) in [6, 6.07) is 4.05. The first kappa shape index (κ1) is 8.31. The molecule has 0 amide bonds. The number of benzene rings is 1. The topological polar surface area (TPSA) is 38.7 Å². The molecule has 1 atom stereocenters. The normalized spacial score (nSPS) is 20.0. The van der Waals surface area contributed by atoms with Crippen LogP contribution in [0.1, 0.15) is 0 Å². The zero-order valence-corrected chi connectivity index (χ0v) is 6.87. The van der Waals surface area contributed by atoms with Crippen LogP contribution >= 0.6 is 0 Å². The molecule has 2 rings (SSSR count). The maximum atomic E-state index is 12.7. The molecular formula is C9H9FO3. The lowest BCUT2D eigenvalue weighted by atomic mass is 10.2. The SMILES string of the molecule is OC[C@H]1COc2cc(F)ccc2O1. The molecule has 3 nitrogen and oxygen atoms in total. The molecule has 1 aromatic rings. The molecule has 0 saturated carbocycles. The van der Waals surface area contributed by atoms with Crippen molar-refractivity contribution in [3.8, 4) is 11.5 Å². The van der Waals surface area contributed by atoms with Gasteiger partial charge in [-0.05, 0) is 12.1 Å². The Hall–Kier alpha value is -1.29. The van der Waals surface area contributed by atoms with E-state index in [9.17, 15) is 4.39 Å². The van der Waals surface area contributed by atoms with Crippen molar-refractivity contribution in [1.82, 2.24) is 0 Å². The van der Waals surface area contributed by atoms with Gasteiger partial charge in [0.2, 0.25) is 0 Å². The molecule has 70 valence electrons. The Bertz CT molecular complexity index is 314. The fourth-order valence-corrected chi connectivity index (χ4v) is 1.18. The first-order valence-corrected chi connectivity index (χ1v) is 3.99. The highest BCUT2D eigenvalue weighted by Crippen LogP contribution is 2.31. The van der Waals surface area contributed by atoms with Gasteiger partial charge in [-0.3, -0.25) is 0 Å². The summed E-state index contributed by atoms with van der Waals surface area (Å²) < 4.78 is 23.2. The van der Waals surface area contributed by atoms with Gasteiger partial charge >= 0.3 is 0 Å². The summed E-state index contributed by atoms with van der Waals surface area (Å²) in [5.74, 6) is 0.515. The third-order valence-electron chi connectivity index (χ3n) is 1.83. The number of fused-ring (bicyclic) bond motifs is 1. The molecule has 0 unspecified atom stereocenters. The summed E-state index contributed by atoms with van der Waals surface area (Å²) in [4.78, 5) is 0. The number of aliphatic hydroxyl groups is 1. The highest BCUT2D eigenvalue weighted by molar-refractivity contribution is 5.41. The lowest BCUT2D eigenvalue weighted by molar-refractivity contribution is 0.0453. The Morgan fingerprint density at radius 1 is 1.46 bits per heavy atom. The number of hydrogen-bond acceptors (Lipinski definition) is 3. The number of rotatable bonds is 1. The van der Waals surface area contributed by atoms with Crippen LogP contribution in [0.4, 0.5) is 4.39 Å². The van der Waals surface area contributed by atoms with Crippen LogP contribution in [0.5, 0.6) is 11.5 Å². The molecule has 0 bridgehead atoms. The number of halogens is 1. The Labute approximate surface area is 74.7 Å². The predicted octanol–water partition coefficient (Wildman–Crippen LogP) is 0.958. The smallest absolute Gasteiger partial charge is 0.164 e. The Balaban J connectivity index is 2.26. The molecule has 0 saturated heterocycles. The fourth-order valence-electron chi connectivity index (χ4n) is 1.18. The fraction of sp³-hybridized carbons (Fsp3) is 0.333. The van der Waals surface area contributed by atoms with Crippen molar-refractivity contribution >= 4 is 0 Å². The lowest BCUT2D eigenvalue weighted by Gasteiger charge is -2.24. The Morgan fingerprint density at radius 2 is 2.31 bits per heavy atom. The maximum absolute atomic E-state index is 12.7. The van der Waals surface area contributed by atoms with E-state index in [4.69, 9.17) is 14.6 Å². The summed E-state index contributed by atoms with van der Waals surface area (Å²) in [7, 11) is 0. The van der Waals surface area contributed by atoms with Crippen molar-refractivity contribution in [3.63, 3.8) is 0 Å². The molecule has 1 aliphatic heterocycles. The third kappa shape index (κ3) is 1.58. The monoisotopic (exact) mass is 184 g/mol. The van der Waals surface area contributed by atoms with Gasteiger partial charge in [-0.15, -0.1) is 0 Å². The molecule has 1 aromatic carbocycles. The molecule has 0 aliphatic carbocycles. The molecular weight excluding hydrogens is 175 g/mol. The van der Waals surface area contributed by atoms with E-state index in [0.717, 1.165) is 0 Å². The lowest BCUT2D eigenvalue weighted by Crippen LogP contribution is -2.32. The molecule has 0 aromatic heterocycles. The second-order valence-corrected chi connectivity index (χ2v) is 2.82. The van der Waals surface area contributed by atoms with Crippen molar-refractivity contribution in [2.24, 2.45) is 0 Å². The minimum atomic E-state index is -0.357. The summed E-state index contributed by atoms with van der Waals surface area (Å²) in [6.07, 6.45) is -0.349. The molecule has 1 heterocycles. The van der Waals surface area contributed by atoms with Crippen LogP contribution < -0.4 is 9.47 Å². The summed E-state index contributed by atoms with van der Waals surface area (Å²) >= 11 is 0. The predicted molar refractivity (Wildman–Crippen MR) is 43.4 cm³/mol. The second-order valence-electron chi connectivity index (χ2n) is 2.82. The zero-order chi connectivity index (χ0) is 9.26. The molecule has 0 spiro atoms. The van der Waals surface area contributed by atoms with Gasteiger partial charge in [-0.2, -0.15) is 0 Å². The van der Waals surface area contributed by atoms with Crippen LogP contribution in [0, 0.1) is 5.82 Å². The van der Waals surface area contributed by atoms with Crippen LogP contribution in [0.25, 0.3) is 0 Å². The standard InChI is InChI=1S/C9H9FO3/c10-6-1-2-8-9(3-6)12-5-7(4-11)13-8/h1-3,7,11H,4-5H2/t7-/m0/s1. The molecule has 13 heavy (non-hydrogen) atoms. The molecule has 1 N–H and O–H groups in total. The van der Waals surface area contributed by atoms with Crippen molar-refractivity contribution in [2.45, 2.75) is 6.10 Å². The highest BCUT2D eigenvalue weighted by Gasteiger charge is 2.20. The van der Waals surface area contributed by atoms with E-state index in [0.29, 0.717) is 11.5 Å². The van der Waals surface area contributed by atoms with Gasteiger partial charge in [0.05, 0.1) is 6.61 Å². The van der Waals surface area contributed by atoms with E-state index in [-0.39, 0.29) is 25.1 Å². The molecule has 0 radical (unpaired) electrons. The van der Waals surface area contributed by atoms with Crippen molar-refractivity contribution in [3.05, 3.63) is 24.0 Å². The van der Waals surface area contributed by atoms with Crippen LogP contribution in [-0.2, 0) is 0 Å². The van der Waals surface area contributed by atoms with Crippen LogP contribution in [-0.4, -0.2) is 24.4 Å². The van der Waals surface area contributed by atoms with E-state index < -0.39 is 0 Å². The average molecular weight is 184 g/mol. The third-order valence-corrected chi connectivity index (χ3v) is 1.83. The van der Waals surface area contributed by atoms with Gasteiger partial charge < -0.3 is 14.6 Å². The van der Waals surface area contributed by atoms with Crippen molar-refractivity contribution in [2.75, 3.05) is 13.2 Å². The first-order valence-electron chi connectivity index (χ1n) is 3.99. The minimum Gasteiger partial charge on any atom is -0.486 e. The van der Waals surface area contributed by atoms with E-state index in [2.05, 4.69) is 0 Å². The zero-order valence-electron chi connectivity index (χ0n) is 6.87. The van der Waals surface area contributed by atoms with Gasteiger partial charge in [-0.25, -0.2) is 4.39 Å². The van der Waals surface area contributed by atoms with E-state index in [1.165, 1.54) is 18.2 Å². The largest absolute Gasteiger partial charge is 0.486 e. The van der Waals surface area contributed by atoms with Crippen LogP contribution in [0.2, 0.25) is 0 Å². The molecule has 1 aliphatic rings. The van der Waals surface area contributed by atoms with Gasteiger partial charge in [-0.1, -0.05) is 0 Å². The molecule has 4 heteroatoms. The van der Waals surface area contributed by atoms with Crippen molar-refractivity contribution < 1.29 is 19.0 Å². The van der Waals surface area contributed by atoms with Crippen LogP contribution in [0.15, 0.2) is 18.2 Å². The first-order chi connectivity index (χ1) is 6.29. The van der Waals surface area contributed by atoms with Crippen molar-refractivity contribution in [1.29, 1.82) is 0 Å². The summed E-state index contributed by atoms with van der Waals surface area (Å²) in [5, 5.41) is 8.79. The van der Waals surface area contributed by atoms with E-state index >= 15 is 0 Å². The summed E-state index contributed by atoms with van der Waals surface area (Å²) in [6.45, 7) is 0.157. The Kier molecular flexibility index (Phi) is 2.06. The van der Waals surface area contributed by atoms with Gasteiger partial charge in [0.15, 0.2) is 17.6 Å². The quantitative estimate of drug-likeness (QED) is 0.706. The highest BCUT2D eigenvalue weighted by atomic mass is 19.1. The number of ether oxygens (including phenoxy) is 2. The minimum absolute atomic E-state index is 0.100. The van der Waals surface area contributed by atoms with Crippen LogP contribution in [0.3, 0.4) is 0 Å². The van der Waals surface area contributed by atoms with Gasteiger partial charge in [0, 0.05) is 6.07 Å². The Morgan fingerprint density at radius 3 is 3.08 bits per heavy atom.